The van der Waals surface area contributed by atoms with Gasteiger partial charge in [0.15, 0.2) is 0 Å². The minimum Gasteiger partial charge on any atom is -0.396 e. The molecule has 8 heteroatoms. The van der Waals surface area contributed by atoms with Crippen LogP contribution in [0, 0.1) is 11.8 Å². The smallest absolute Gasteiger partial charge is 0.251 e. The molecule has 6 rings (SSSR count). The molecule has 3 aliphatic heterocycles. The number of carbonyl (C=O) groups excluding carboxylic acids is 3. The Hall–Kier alpha value is -3.88. The lowest BCUT2D eigenvalue weighted by atomic mass is 9.66. The minimum atomic E-state index is -0.711. The van der Waals surface area contributed by atoms with Gasteiger partial charge >= 0.3 is 0 Å². The van der Waals surface area contributed by atoms with E-state index >= 15 is 4.79 Å². The van der Waals surface area contributed by atoms with Crippen LogP contribution in [0.5, 0.6) is 0 Å². The Bertz CT molecular complexity index is 1680. The van der Waals surface area contributed by atoms with Gasteiger partial charge in [0.25, 0.3) is 5.91 Å². The summed E-state index contributed by atoms with van der Waals surface area (Å²) in [5, 5.41) is 11.4. The Morgan fingerprint density at radius 3 is 2.35 bits per heavy atom. The van der Waals surface area contributed by atoms with Gasteiger partial charge in [-0.15, -0.1) is 24.9 Å². The second-order valence-corrected chi connectivity index (χ2v) is 15.6. The van der Waals surface area contributed by atoms with E-state index in [1.807, 2.05) is 76.5 Å². The van der Waals surface area contributed by atoms with Crippen molar-refractivity contribution in [3.8, 4) is 0 Å². The van der Waals surface area contributed by atoms with Crippen LogP contribution in [0.4, 0.5) is 5.69 Å². The number of benzene rings is 3. The molecule has 3 fully saturated rings. The normalized spacial score (nSPS) is 25.7. The number of anilines is 1. The first-order chi connectivity index (χ1) is 23.3. The summed E-state index contributed by atoms with van der Waals surface area (Å²) in [6.45, 7) is 11.7. The number of carbonyl (C=O) groups is 3. The van der Waals surface area contributed by atoms with Crippen LogP contribution in [0.15, 0.2) is 98.1 Å². The van der Waals surface area contributed by atoms with Gasteiger partial charge in [0.1, 0.15) is 6.04 Å². The Labute approximate surface area is 288 Å². The number of amides is 3. The van der Waals surface area contributed by atoms with Crippen LogP contribution in [-0.2, 0) is 20.9 Å². The quantitative estimate of drug-likeness (QED) is 0.146. The third kappa shape index (κ3) is 6.09. The Kier molecular flexibility index (Phi) is 10.1. The van der Waals surface area contributed by atoms with E-state index in [0.29, 0.717) is 39.0 Å². The van der Waals surface area contributed by atoms with Gasteiger partial charge in [-0.2, -0.15) is 0 Å². The van der Waals surface area contributed by atoms with E-state index in [2.05, 4.69) is 26.1 Å². The zero-order chi connectivity index (χ0) is 33.9. The van der Waals surface area contributed by atoms with E-state index in [0.717, 1.165) is 47.7 Å². The molecule has 3 heterocycles. The van der Waals surface area contributed by atoms with E-state index in [4.69, 9.17) is 0 Å². The predicted octanol–water partition coefficient (Wildman–Crippen LogP) is 6.61. The monoisotopic (exact) mass is 665 g/mol. The van der Waals surface area contributed by atoms with E-state index < -0.39 is 27.4 Å². The van der Waals surface area contributed by atoms with Gasteiger partial charge in [-0.05, 0) is 61.1 Å². The van der Waals surface area contributed by atoms with Crippen LogP contribution in [-0.4, -0.2) is 74.4 Å². The third-order valence-corrected chi connectivity index (χ3v) is 12.6. The number of rotatable bonds is 15. The summed E-state index contributed by atoms with van der Waals surface area (Å²) in [5.41, 5.74) is 1.79. The molecule has 1 spiro atoms. The summed E-state index contributed by atoms with van der Waals surface area (Å²) < 4.78 is -1.18. The van der Waals surface area contributed by atoms with Crippen molar-refractivity contribution in [1.29, 1.82) is 0 Å². The van der Waals surface area contributed by atoms with Crippen molar-refractivity contribution in [2.24, 2.45) is 11.8 Å². The number of aliphatic hydroxyl groups is 1. The van der Waals surface area contributed by atoms with Gasteiger partial charge in [-0.25, -0.2) is 0 Å². The molecule has 3 saturated heterocycles. The first-order valence-corrected chi connectivity index (χ1v) is 18.1. The van der Waals surface area contributed by atoms with Gasteiger partial charge < -0.3 is 19.8 Å². The molecule has 2 unspecified atom stereocenters. The van der Waals surface area contributed by atoms with Gasteiger partial charge in [0, 0.05) is 43.2 Å². The summed E-state index contributed by atoms with van der Waals surface area (Å²) in [7, 11) is 0. The fourth-order valence-electron chi connectivity index (χ4n) is 8.40. The lowest BCUT2D eigenvalue weighted by Gasteiger charge is -2.38. The average molecular weight is 666 g/mol. The molecule has 7 nitrogen and oxygen atoms in total. The van der Waals surface area contributed by atoms with Crippen LogP contribution in [0.3, 0.4) is 0 Å². The molecule has 0 radical (unpaired) electrons. The zero-order valence-corrected chi connectivity index (χ0v) is 28.7. The van der Waals surface area contributed by atoms with E-state index in [1.165, 1.54) is 0 Å². The third-order valence-electron chi connectivity index (χ3n) is 10.6. The maximum Gasteiger partial charge on any atom is 0.251 e. The van der Waals surface area contributed by atoms with Gasteiger partial charge in [-0.1, -0.05) is 85.7 Å². The maximum atomic E-state index is 15.1. The van der Waals surface area contributed by atoms with Gasteiger partial charge in [0.2, 0.25) is 11.8 Å². The van der Waals surface area contributed by atoms with Crippen LogP contribution >= 0.6 is 11.8 Å². The highest BCUT2D eigenvalue weighted by atomic mass is 32.2. The van der Waals surface area contributed by atoms with Crippen LogP contribution < -0.4 is 4.90 Å². The van der Waals surface area contributed by atoms with Crippen molar-refractivity contribution in [2.75, 3.05) is 31.1 Å². The highest BCUT2D eigenvalue weighted by molar-refractivity contribution is 8.02. The van der Waals surface area contributed by atoms with Crippen LogP contribution in [0.1, 0.15) is 51.0 Å². The largest absolute Gasteiger partial charge is 0.396 e. The number of hydrogen-bond donors (Lipinski definition) is 1. The first-order valence-electron chi connectivity index (χ1n) is 17.2. The van der Waals surface area contributed by atoms with Gasteiger partial charge in [-0.3, -0.25) is 14.4 Å². The molecule has 0 saturated carbocycles. The number of likely N-dealkylation sites (tertiary alicyclic amines) is 1. The van der Waals surface area contributed by atoms with Crippen molar-refractivity contribution < 1.29 is 19.5 Å². The summed E-state index contributed by atoms with van der Waals surface area (Å²) >= 11 is 1.71. The molecule has 48 heavy (non-hydrogen) atoms. The molecule has 0 aromatic heterocycles. The molecule has 5 atom stereocenters. The summed E-state index contributed by atoms with van der Waals surface area (Å²) in [4.78, 5) is 50.0. The van der Waals surface area contributed by atoms with Crippen molar-refractivity contribution in [2.45, 2.75) is 67.5 Å². The molecule has 3 aromatic rings. The van der Waals surface area contributed by atoms with Crippen LogP contribution in [0.25, 0.3) is 10.8 Å². The van der Waals surface area contributed by atoms with Crippen molar-refractivity contribution in [1.82, 2.24) is 9.80 Å². The number of unbranched alkanes of at least 4 members (excludes halogenated alkanes) is 3. The standard InChI is InChI=1S/C40H47N3O4S/c1-4-23-41(28-29-15-9-8-10-16-29)36(45)33-34-37(46)43(25-13-6-7-14-26-44)35(40(34)22-21-39(33,3)48-40)38(47)42(24-5-2)32-20-19-30-17-11-12-18-31(30)27-32/h4-5,8-12,15-20,27,33-35,44H,1-2,6-7,13-14,21-26,28H2,3H3/t33-,34-,35?,39+,40?/m0/s1. The highest BCUT2D eigenvalue weighted by Gasteiger charge is 2.77. The molecule has 252 valence electrons. The Balaban J connectivity index is 1.38. The number of nitrogens with zero attached hydrogens (tertiary/aromatic N) is 3. The van der Waals surface area contributed by atoms with Crippen molar-refractivity contribution >= 4 is 45.9 Å². The average Bonchev–Trinajstić information content (AvgIpc) is 3.67. The minimum absolute atomic E-state index is 0.0397. The summed E-state index contributed by atoms with van der Waals surface area (Å²) in [6.07, 6.45) is 8.09. The topological polar surface area (TPSA) is 81.2 Å². The second kappa shape index (κ2) is 14.3. The number of aliphatic hydroxyl groups excluding tert-OH is 1. The van der Waals surface area contributed by atoms with E-state index in [1.54, 1.807) is 28.8 Å². The molecule has 2 bridgehead atoms. The molecule has 3 amide bonds. The fourth-order valence-corrected chi connectivity index (χ4v) is 10.7. The van der Waals surface area contributed by atoms with Gasteiger partial charge in [0.05, 0.1) is 16.6 Å². The Morgan fingerprint density at radius 2 is 1.62 bits per heavy atom. The van der Waals surface area contributed by atoms with E-state index in [-0.39, 0.29) is 24.3 Å². The maximum absolute atomic E-state index is 15.1. The predicted molar refractivity (Wildman–Crippen MR) is 195 cm³/mol. The first kappa shape index (κ1) is 34.0. The second-order valence-electron chi connectivity index (χ2n) is 13.7. The van der Waals surface area contributed by atoms with Crippen LogP contribution in [0.2, 0.25) is 0 Å². The van der Waals surface area contributed by atoms with E-state index in [9.17, 15) is 14.7 Å². The lowest BCUT2D eigenvalue weighted by molar-refractivity contribution is -0.145. The molecule has 3 aliphatic rings. The number of thioether (sulfide) groups is 1. The number of hydrogen-bond acceptors (Lipinski definition) is 5. The SMILES string of the molecule is C=CCN(Cc1ccccc1)C(=O)[C@@H]1[C@H]2C(=O)N(CCCCCCO)C(C(=O)N(CC=C)c3ccc4ccccc4c3)C23CC[C@@]1(C)S3. The molecular formula is C40H47N3O4S. The lowest BCUT2D eigenvalue weighted by Crippen LogP contribution is -2.55. The van der Waals surface area contributed by atoms with Crippen molar-refractivity contribution in [3.05, 3.63) is 104 Å². The number of fused-ring (bicyclic) bond motifs is 2. The molecule has 0 aliphatic carbocycles. The molecule has 3 aromatic carbocycles. The fraction of sp³-hybridized carbons (Fsp3) is 0.425. The van der Waals surface area contributed by atoms with Crippen molar-refractivity contribution in [3.63, 3.8) is 0 Å². The summed E-state index contributed by atoms with van der Waals surface area (Å²) in [6, 6.07) is 23.3. The molecule has 1 N–H and O–H groups in total. The summed E-state index contributed by atoms with van der Waals surface area (Å²) in [5.74, 6) is -1.38. The molecular weight excluding hydrogens is 619 g/mol. The Morgan fingerprint density at radius 1 is 0.917 bits per heavy atom. The highest BCUT2D eigenvalue weighted by Crippen LogP contribution is 2.71. The zero-order valence-electron chi connectivity index (χ0n) is 27.9.